The minimum absolute atomic E-state index is 0.0597. The molecule has 0 bridgehead atoms. The molecule has 0 saturated heterocycles. The van der Waals surface area contributed by atoms with Gasteiger partial charge in [-0.2, -0.15) is 5.10 Å². The van der Waals surface area contributed by atoms with E-state index in [2.05, 4.69) is 17.2 Å². The van der Waals surface area contributed by atoms with E-state index in [0.717, 1.165) is 22.3 Å². The lowest BCUT2D eigenvalue weighted by molar-refractivity contribution is 0.0964. The maximum atomic E-state index is 12.9. The summed E-state index contributed by atoms with van der Waals surface area (Å²) in [5, 5.41) is 5.19. The molecule has 132 valence electrons. The molecule has 0 aliphatic heterocycles. The Balaban J connectivity index is 1.67. The van der Waals surface area contributed by atoms with Crippen LogP contribution in [0.1, 0.15) is 34.0 Å². The Labute approximate surface area is 156 Å². The van der Waals surface area contributed by atoms with Gasteiger partial charge in [0.25, 0.3) is 0 Å². The fraction of sp³-hybridized carbons (Fsp3) is 0.136. The normalized spacial score (nSPS) is 16.4. The number of ketones is 1. The van der Waals surface area contributed by atoms with Crippen molar-refractivity contribution in [3.8, 4) is 5.69 Å². The van der Waals surface area contributed by atoms with Gasteiger partial charge < -0.3 is 5.73 Å². The van der Waals surface area contributed by atoms with Gasteiger partial charge in [-0.1, -0.05) is 48.5 Å². The first-order chi connectivity index (χ1) is 13.2. The largest absolute Gasteiger partial charge is 0.397 e. The van der Waals surface area contributed by atoms with Crippen molar-refractivity contribution in [2.45, 2.75) is 18.8 Å². The number of pyridine rings is 1. The van der Waals surface area contributed by atoms with Crippen LogP contribution in [0.2, 0.25) is 0 Å². The Morgan fingerprint density at radius 2 is 1.67 bits per heavy atom. The zero-order valence-electron chi connectivity index (χ0n) is 14.7. The molecule has 1 aliphatic carbocycles. The Morgan fingerprint density at radius 3 is 2.41 bits per heavy atom. The van der Waals surface area contributed by atoms with Gasteiger partial charge in [0.2, 0.25) is 0 Å². The number of para-hydroxylation sites is 1. The van der Waals surface area contributed by atoms with Crippen molar-refractivity contribution >= 4 is 22.5 Å². The van der Waals surface area contributed by atoms with Crippen LogP contribution in [0.5, 0.6) is 0 Å². The molecule has 0 fully saturated rings. The number of benzene rings is 2. The molecule has 4 aromatic rings. The maximum Gasteiger partial charge on any atom is 0.167 e. The number of carbonyl (C=O) groups is 1. The minimum atomic E-state index is 0.0597. The van der Waals surface area contributed by atoms with Crippen LogP contribution in [0.15, 0.2) is 66.9 Å². The Bertz CT molecular complexity index is 1150. The van der Waals surface area contributed by atoms with Gasteiger partial charge >= 0.3 is 0 Å². The summed E-state index contributed by atoms with van der Waals surface area (Å²) in [5.41, 5.74) is 11.0. The third-order valence-electron chi connectivity index (χ3n) is 5.25. The second-order valence-electron chi connectivity index (χ2n) is 6.92. The topological polar surface area (TPSA) is 73.8 Å². The zero-order chi connectivity index (χ0) is 18.4. The molecule has 5 nitrogen and oxygen atoms in total. The van der Waals surface area contributed by atoms with Gasteiger partial charge in [-0.3, -0.25) is 4.79 Å². The predicted molar refractivity (Wildman–Crippen MR) is 105 cm³/mol. The number of fused-ring (bicyclic) bond motifs is 2. The number of nitrogens with zero attached hydrogens (tertiary/aromatic N) is 3. The highest BCUT2D eigenvalue weighted by molar-refractivity contribution is 6.09. The first-order valence-electron chi connectivity index (χ1n) is 9.02. The molecule has 0 unspecified atom stereocenters. The Morgan fingerprint density at radius 1 is 0.963 bits per heavy atom. The van der Waals surface area contributed by atoms with E-state index in [-0.39, 0.29) is 11.7 Å². The molecule has 5 heteroatoms. The van der Waals surface area contributed by atoms with Gasteiger partial charge in [-0.25, -0.2) is 9.67 Å². The summed E-state index contributed by atoms with van der Waals surface area (Å²) < 4.78 is 1.78. The van der Waals surface area contributed by atoms with E-state index < -0.39 is 0 Å². The minimum Gasteiger partial charge on any atom is -0.397 e. The monoisotopic (exact) mass is 354 g/mol. The lowest BCUT2D eigenvalue weighted by Crippen LogP contribution is -2.22. The van der Waals surface area contributed by atoms with Gasteiger partial charge in [0, 0.05) is 6.42 Å². The van der Waals surface area contributed by atoms with Gasteiger partial charge in [0.1, 0.15) is 0 Å². The number of aromatic nitrogens is 3. The lowest BCUT2D eigenvalue weighted by atomic mass is 9.81. The lowest BCUT2D eigenvalue weighted by Gasteiger charge is -2.24. The molecule has 2 aromatic heterocycles. The molecule has 2 aromatic carbocycles. The van der Waals surface area contributed by atoms with Crippen molar-refractivity contribution < 1.29 is 4.79 Å². The van der Waals surface area contributed by atoms with Gasteiger partial charge in [-0.15, -0.1) is 0 Å². The highest BCUT2D eigenvalue weighted by Crippen LogP contribution is 2.37. The van der Waals surface area contributed by atoms with Crippen LogP contribution in [-0.2, 0) is 6.42 Å². The van der Waals surface area contributed by atoms with Crippen molar-refractivity contribution in [1.29, 1.82) is 0 Å². The first-order valence-corrected chi connectivity index (χ1v) is 9.02. The second kappa shape index (κ2) is 6.06. The zero-order valence-corrected chi connectivity index (χ0v) is 14.7. The van der Waals surface area contributed by atoms with Crippen LogP contribution >= 0.6 is 0 Å². The highest BCUT2D eigenvalue weighted by Gasteiger charge is 2.31. The average Bonchev–Trinajstić information content (AvgIpc) is 3.13. The number of nitrogens with two attached hydrogens (primary N) is 1. The van der Waals surface area contributed by atoms with E-state index in [1.807, 2.05) is 48.5 Å². The third kappa shape index (κ3) is 2.51. The molecule has 1 atom stereocenters. The summed E-state index contributed by atoms with van der Waals surface area (Å²) in [6.07, 6.45) is 2.86. The fourth-order valence-corrected chi connectivity index (χ4v) is 3.92. The first kappa shape index (κ1) is 15.8. The molecule has 0 spiro atoms. The predicted octanol–water partition coefficient (Wildman–Crippen LogP) is 3.92. The molecule has 0 amide bonds. The molecule has 0 radical (unpaired) electrons. The van der Waals surface area contributed by atoms with Crippen molar-refractivity contribution in [3.63, 3.8) is 0 Å². The van der Waals surface area contributed by atoms with Crippen molar-refractivity contribution in [1.82, 2.24) is 14.8 Å². The number of anilines is 1. The summed E-state index contributed by atoms with van der Waals surface area (Å²) in [7, 11) is 0. The number of nitrogen functional groups attached to an aromatic ring is 1. The number of rotatable bonds is 2. The highest BCUT2D eigenvalue weighted by atomic mass is 16.1. The van der Waals surface area contributed by atoms with Crippen molar-refractivity contribution in [3.05, 3.63) is 83.7 Å². The molecular formula is C22H18N4O. The van der Waals surface area contributed by atoms with Gasteiger partial charge in [0.05, 0.1) is 34.2 Å². The average molecular weight is 354 g/mol. The van der Waals surface area contributed by atoms with Crippen LogP contribution in [-0.4, -0.2) is 20.5 Å². The number of Topliss-reactive ketones (excluding diaryl/α,β-unsaturated/α-hetero) is 1. The third-order valence-corrected chi connectivity index (χ3v) is 5.25. The van der Waals surface area contributed by atoms with Crippen LogP contribution in [0, 0.1) is 0 Å². The molecule has 0 saturated carbocycles. The van der Waals surface area contributed by atoms with Gasteiger partial charge in [-0.05, 0) is 30.0 Å². The molecule has 1 aliphatic rings. The number of hydrogen-bond acceptors (Lipinski definition) is 4. The van der Waals surface area contributed by atoms with E-state index in [9.17, 15) is 4.79 Å². The van der Waals surface area contributed by atoms with Crippen molar-refractivity contribution in [2.24, 2.45) is 0 Å². The quantitative estimate of drug-likeness (QED) is 0.592. The SMILES string of the molecule is Nc1c2c(nc3c1cnn3-c1ccccc1)C[C@@H](c1ccccc1)CC2=O. The van der Waals surface area contributed by atoms with Crippen molar-refractivity contribution in [2.75, 3.05) is 5.73 Å². The maximum absolute atomic E-state index is 12.9. The molecule has 2 heterocycles. The number of carbonyl (C=O) groups excluding carboxylic acids is 1. The molecule has 27 heavy (non-hydrogen) atoms. The molecular weight excluding hydrogens is 336 g/mol. The van der Waals surface area contributed by atoms with Crippen LogP contribution in [0.4, 0.5) is 5.69 Å². The van der Waals surface area contributed by atoms with Crippen LogP contribution < -0.4 is 5.73 Å². The smallest absolute Gasteiger partial charge is 0.167 e. The van der Waals surface area contributed by atoms with Crippen LogP contribution in [0.25, 0.3) is 16.7 Å². The van der Waals surface area contributed by atoms with Gasteiger partial charge in [0.15, 0.2) is 11.4 Å². The summed E-state index contributed by atoms with van der Waals surface area (Å²) in [5.74, 6) is 0.188. The van der Waals surface area contributed by atoms with E-state index >= 15 is 0 Å². The Hall–Kier alpha value is -3.47. The van der Waals surface area contributed by atoms with E-state index in [1.165, 1.54) is 0 Å². The second-order valence-corrected chi connectivity index (χ2v) is 6.92. The number of hydrogen-bond donors (Lipinski definition) is 1. The van der Waals surface area contributed by atoms with E-state index in [4.69, 9.17) is 10.7 Å². The summed E-state index contributed by atoms with van der Waals surface area (Å²) in [6, 6.07) is 20.0. The Kier molecular flexibility index (Phi) is 3.53. The summed E-state index contributed by atoms with van der Waals surface area (Å²) >= 11 is 0. The molecule has 5 rings (SSSR count). The van der Waals surface area contributed by atoms with Crippen LogP contribution in [0.3, 0.4) is 0 Å². The fourth-order valence-electron chi connectivity index (χ4n) is 3.92. The van der Waals surface area contributed by atoms with E-state index in [0.29, 0.717) is 29.7 Å². The summed E-state index contributed by atoms with van der Waals surface area (Å²) in [6.45, 7) is 0. The van der Waals surface area contributed by atoms with E-state index in [1.54, 1.807) is 10.9 Å². The molecule has 2 N–H and O–H groups in total. The summed E-state index contributed by atoms with van der Waals surface area (Å²) in [4.78, 5) is 17.7. The standard InChI is InChI=1S/C22H18N4O/c23-21-17-13-24-26(16-9-5-2-6-10-16)22(17)25-18-11-15(12-19(27)20(18)21)14-7-3-1-4-8-14/h1-10,13,15H,11-12H2,(H2,23,25)/t15-/m1/s1.